The largest absolute Gasteiger partial charge is 0.478 e. The zero-order valence-corrected chi connectivity index (χ0v) is 11.0. The van der Waals surface area contributed by atoms with E-state index in [1.807, 2.05) is 25.3 Å². The van der Waals surface area contributed by atoms with E-state index < -0.39 is 0 Å². The fourth-order valence-corrected chi connectivity index (χ4v) is 2.15. The van der Waals surface area contributed by atoms with Gasteiger partial charge in [0.15, 0.2) is 0 Å². The van der Waals surface area contributed by atoms with Gasteiger partial charge in [0.1, 0.15) is 0 Å². The third-order valence-electron chi connectivity index (χ3n) is 3.08. The van der Waals surface area contributed by atoms with Crippen LogP contribution in [0.15, 0.2) is 18.3 Å². The summed E-state index contributed by atoms with van der Waals surface area (Å²) in [6.07, 6.45) is 7.04. The normalized spacial score (nSPS) is 18.8. The lowest BCUT2D eigenvalue weighted by atomic mass is 10.1. The van der Waals surface area contributed by atoms with E-state index in [-0.39, 0.29) is 0 Å². The SMILES string of the molecule is CCOc1ccc(NCCCC2CCCO2)cn1. The standard InChI is InChI=1S/C14H22N2O2/c1-2-17-14-8-7-12(11-16-14)15-9-3-5-13-6-4-10-18-13/h7-8,11,13,15H,2-6,9-10H2,1H3. The number of rotatable bonds is 7. The van der Waals surface area contributed by atoms with Gasteiger partial charge < -0.3 is 14.8 Å². The molecule has 18 heavy (non-hydrogen) atoms. The Morgan fingerprint density at radius 1 is 1.50 bits per heavy atom. The average Bonchev–Trinajstić information content (AvgIpc) is 2.90. The van der Waals surface area contributed by atoms with Crippen LogP contribution in [0.1, 0.15) is 32.6 Å². The van der Waals surface area contributed by atoms with Gasteiger partial charge in [-0.3, -0.25) is 0 Å². The molecule has 4 nitrogen and oxygen atoms in total. The van der Waals surface area contributed by atoms with Crippen molar-refractivity contribution in [1.29, 1.82) is 0 Å². The predicted octanol–water partition coefficient (Wildman–Crippen LogP) is 2.85. The molecule has 0 amide bonds. The molecular weight excluding hydrogens is 228 g/mol. The number of hydrogen-bond acceptors (Lipinski definition) is 4. The summed E-state index contributed by atoms with van der Waals surface area (Å²) in [5.41, 5.74) is 1.05. The van der Waals surface area contributed by atoms with Crippen molar-refractivity contribution in [3.8, 4) is 5.88 Å². The highest BCUT2D eigenvalue weighted by molar-refractivity contribution is 5.41. The van der Waals surface area contributed by atoms with Crippen molar-refractivity contribution in [2.45, 2.75) is 38.7 Å². The number of pyridine rings is 1. The molecule has 1 aromatic rings. The molecule has 0 saturated carbocycles. The van der Waals surface area contributed by atoms with E-state index in [1.165, 1.54) is 12.8 Å². The third-order valence-corrected chi connectivity index (χ3v) is 3.08. The predicted molar refractivity (Wildman–Crippen MR) is 72.1 cm³/mol. The van der Waals surface area contributed by atoms with Gasteiger partial charge in [-0.05, 0) is 38.7 Å². The van der Waals surface area contributed by atoms with Crippen LogP contribution in [0.5, 0.6) is 5.88 Å². The highest BCUT2D eigenvalue weighted by Crippen LogP contribution is 2.17. The first-order valence-corrected chi connectivity index (χ1v) is 6.83. The van der Waals surface area contributed by atoms with Crippen LogP contribution in [0.4, 0.5) is 5.69 Å². The maximum absolute atomic E-state index is 5.59. The van der Waals surface area contributed by atoms with Crippen LogP contribution in [0.3, 0.4) is 0 Å². The topological polar surface area (TPSA) is 43.4 Å². The molecular formula is C14H22N2O2. The second-order valence-corrected chi connectivity index (χ2v) is 4.52. The molecule has 2 heterocycles. The number of nitrogens with zero attached hydrogens (tertiary/aromatic N) is 1. The Morgan fingerprint density at radius 3 is 3.11 bits per heavy atom. The van der Waals surface area contributed by atoms with Crippen LogP contribution in [0.25, 0.3) is 0 Å². The van der Waals surface area contributed by atoms with Crippen LogP contribution >= 0.6 is 0 Å². The first-order chi connectivity index (χ1) is 8.88. The van der Waals surface area contributed by atoms with Gasteiger partial charge in [0.2, 0.25) is 5.88 Å². The van der Waals surface area contributed by atoms with Crippen molar-refractivity contribution in [2.75, 3.05) is 25.1 Å². The lowest BCUT2D eigenvalue weighted by Gasteiger charge is -2.10. The third kappa shape index (κ3) is 4.18. The maximum atomic E-state index is 5.59. The Kier molecular flexibility index (Phi) is 5.27. The molecule has 0 bridgehead atoms. The molecule has 1 aliphatic rings. The number of ether oxygens (including phenoxy) is 2. The monoisotopic (exact) mass is 250 g/mol. The van der Waals surface area contributed by atoms with Crippen LogP contribution in [0, 0.1) is 0 Å². The summed E-state index contributed by atoms with van der Waals surface area (Å²) in [6.45, 7) is 4.52. The fourth-order valence-electron chi connectivity index (χ4n) is 2.15. The minimum Gasteiger partial charge on any atom is -0.478 e. The zero-order chi connectivity index (χ0) is 12.6. The first-order valence-electron chi connectivity index (χ1n) is 6.83. The second-order valence-electron chi connectivity index (χ2n) is 4.52. The summed E-state index contributed by atoms with van der Waals surface area (Å²) >= 11 is 0. The summed E-state index contributed by atoms with van der Waals surface area (Å²) in [5, 5.41) is 3.36. The molecule has 0 aromatic carbocycles. The average molecular weight is 250 g/mol. The summed E-state index contributed by atoms with van der Waals surface area (Å²) in [4.78, 5) is 4.22. The number of nitrogens with one attached hydrogen (secondary N) is 1. The summed E-state index contributed by atoms with van der Waals surface area (Å²) < 4.78 is 10.9. The van der Waals surface area contributed by atoms with Gasteiger partial charge in [0, 0.05) is 19.2 Å². The molecule has 1 N–H and O–H groups in total. The zero-order valence-electron chi connectivity index (χ0n) is 11.0. The Morgan fingerprint density at radius 2 is 2.44 bits per heavy atom. The van der Waals surface area contributed by atoms with Gasteiger partial charge in [-0.25, -0.2) is 4.98 Å². The van der Waals surface area contributed by atoms with E-state index >= 15 is 0 Å². The molecule has 2 rings (SSSR count). The number of hydrogen-bond donors (Lipinski definition) is 1. The van der Waals surface area contributed by atoms with Gasteiger partial charge in [-0.1, -0.05) is 0 Å². The molecule has 1 atom stereocenters. The van der Waals surface area contributed by atoms with Crippen LogP contribution in [0.2, 0.25) is 0 Å². The van der Waals surface area contributed by atoms with Gasteiger partial charge >= 0.3 is 0 Å². The Labute approximate surface area is 109 Å². The van der Waals surface area contributed by atoms with Gasteiger partial charge in [-0.2, -0.15) is 0 Å². The molecule has 4 heteroatoms. The van der Waals surface area contributed by atoms with Gasteiger partial charge in [0.05, 0.1) is 24.6 Å². The van der Waals surface area contributed by atoms with Crippen LogP contribution < -0.4 is 10.1 Å². The van der Waals surface area contributed by atoms with Gasteiger partial charge in [0.25, 0.3) is 0 Å². The van der Waals surface area contributed by atoms with E-state index in [4.69, 9.17) is 9.47 Å². The lowest BCUT2D eigenvalue weighted by Crippen LogP contribution is -2.09. The molecule has 1 aliphatic heterocycles. The van der Waals surface area contributed by atoms with Crippen LogP contribution in [-0.2, 0) is 4.74 Å². The molecule has 1 saturated heterocycles. The molecule has 100 valence electrons. The molecule has 1 fully saturated rings. The van der Waals surface area contributed by atoms with Crippen molar-refractivity contribution < 1.29 is 9.47 Å². The van der Waals surface area contributed by atoms with E-state index in [2.05, 4.69) is 10.3 Å². The van der Waals surface area contributed by atoms with Crippen LogP contribution in [-0.4, -0.2) is 30.8 Å². The minimum atomic E-state index is 0.491. The summed E-state index contributed by atoms with van der Waals surface area (Å²) in [7, 11) is 0. The summed E-state index contributed by atoms with van der Waals surface area (Å²) in [5.74, 6) is 0.683. The lowest BCUT2D eigenvalue weighted by molar-refractivity contribution is 0.103. The van der Waals surface area contributed by atoms with Crippen molar-refractivity contribution in [3.05, 3.63) is 18.3 Å². The maximum Gasteiger partial charge on any atom is 0.213 e. The summed E-state index contributed by atoms with van der Waals surface area (Å²) in [6, 6.07) is 3.90. The molecule has 0 aliphatic carbocycles. The molecule has 1 unspecified atom stereocenters. The fraction of sp³-hybridized carbons (Fsp3) is 0.643. The highest BCUT2D eigenvalue weighted by Gasteiger charge is 2.14. The quantitative estimate of drug-likeness (QED) is 0.756. The van der Waals surface area contributed by atoms with E-state index in [0.717, 1.165) is 31.7 Å². The Hall–Kier alpha value is -1.29. The number of aromatic nitrogens is 1. The minimum absolute atomic E-state index is 0.491. The van der Waals surface area contributed by atoms with E-state index in [0.29, 0.717) is 18.6 Å². The van der Waals surface area contributed by atoms with E-state index in [1.54, 1.807) is 0 Å². The molecule has 0 radical (unpaired) electrons. The first kappa shape index (κ1) is 13.1. The van der Waals surface area contributed by atoms with Crippen molar-refractivity contribution in [1.82, 2.24) is 4.98 Å². The molecule has 0 spiro atoms. The van der Waals surface area contributed by atoms with Crippen molar-refractivity contribution in [3.63, 3.8) is 0 Å². The number of anilines is 1. The Balaban J connectivity index is 1.63. The van der Waals surface area contributed by atoms with Gasteiger partial charge in [-0.15, -0.1) is 0 Å². The second kappa shape index (κ2) is 7.21. The smallest absolute Gasteiger partial charge is 0.213 e. The molecule has 1 aromatic heterocycles. The van der Waals surface area contributed by atoms with E-state index in [9.17, 15) is 0 Å². The highest BCUT2D eigenvalue weighted by atomic mass is 16.5. The van der Waals surface area contributed by atoms with Crippen molar-refractivity contribution >= 4 is 5.69 Å². The van der Waals surface area contributed by atoms with Crippen molar-refractivity contribution in [2.24, 2.45) is 0 Å². The Bertz CT molecular complexity index is 334.